The maximum absolute atomic E-state index is 13.5. The Balaban J connectivity index is 1.87. The number of imidazole rings is 1. The smallest absolute Gasteiger partial charge is 0.328 e. The van der Waals surface area contributed by atoms with Crippen molar-refractivity contribution < 1.29 is 17.9 Å². The molecule has 1 heterocycles. The fourth-order valence-electron chi connectivity index (χ4n) is 3.62. The first-order chi connectivity index (χ1) is 16.1. The lowest BCUT2D eigenvalue weighted by atomic mass is 10.2. The maximum atomic E-state index is 13.5. The third-order valence-electron chi connectivity index (χ3n) is 5.53. The van der Waals surface area contributed by atoms with Crippen LogP contribution in [-0.2, 0) is 24.1 Å². The first kappa shape index (κ1) is 23.8. The summed E-state index contributed by atoms with van der Waals surface area (Å²) < 4.78 is 43.1. The minimum atomic E-state index is -4.06. The summed E-state index contributed by atoms with van der Waals surface area (Å²) in [5, 5.41) is 0. The summed E-state index contributed by atoms with van der Waals surface area (Å²) in [5.74, 6) is 0.575. The zero-order valence-electron chi connectivity index (χ0n) is 19.4. The van der Waals surface area contributed by atoms with E-state index in [0.717, 1.165) is 10.5 Å². The average Bonchev–Trinajstić information content (AvgIpc) is 3.03. The van der Waals surface area contributed by atoms with Gasteiger partial charge in [-0.1, -0.05) is 29.5 Å². The third-order valence-corrected chi connectivity index (χ3v) is 7.98. The number of hydrogen-bond donors (Lipinski definition) is 1. The molecular formula is C24H25N3O5S2. The van der Waals surface area contributed by atoms with Gasteiger partial charge < -0.3 is 9.47 Å². The molecule has 178 valence electrons. The van der Waals surface area contributed by atoms with E-state index in [1.165, 1.54) is 41.2 Å². The van der Waals surface area contributed by atoms with Crippen LogP contribution in [0, 0.1) is 6.92 Å². The van der Waals surface area contributed by atoms with Gasteiger partial charge in [0.2, 0.25) is 0 Å². The van der Waals surface area contributed by atoms with E-state index in [-0.39, 0.29) is 16.3 Å². The minimum absolute atomic E-state index is 0.0531. The third kappa shape index (κ3) is 4.38. The van der Waals surface area contributed by atoms with Gasteiger partial charge in [0.25, 0.3) is 10.0 Å². The van der Waals surface area contributed by atoms with Crippen molar-refractivity contribution in [3.05, 3.63) is 70.6 Å². The summed E-state index contributed by atoms with van der Waals surface area (Å²) in [7, 11) is 2.16. The number of aromatic nitrogens is 2. The van der Waals surface area contributed by atoms with E-state index in [0.29, 0.717) is 27.4 Å². The Morgan fingerprint density at radius 3 is 2.15 bits per heavy atom. The number of rotatable bonds is 7. The number of nitrogens with zero attached hydrogens (tertiary/aromatic N) is 2. The zero-order valence-corrected chi connectivity index (χ0v) is 21.1. The Morgan fingerprint density at radius 1 is 0.882 bits per heavy atom. The van der Waals surface area contributed by atoms with Gasteiger partial charge >= 0.3 is 5.69 Å². The lowest BCUT2D eigenvalue weighted by molar-refractivity contribution is 0.392. The molecule has 0 saturated carbocycles. The highest BCUT2D eigenvalue weighted by atomic mass is 32.2. The number of benzene rings is 3. The Bertz CT molecular complexity index is 1540. The second kappa shape index (κ2) is 9.11. The van der Waals surface area contributed by atoms with Crippen molar-refractivity contribution in [2.75, 3.05) is 18.9 Å². The molecule has 34 heavy (non-hydrogen) atoms. The molecule has 0 bridgehead atoms. The van der Waals surface area contributed by atoms with Crippen LogP contribution in [-0.4, -0.2) is 31.8 Å². The molecule has 0 aliphatic heterocycles. The van der Waals surface area contributed by atoms with E-state index < -0.39 is 10.0 Å². The second-order valence-corrected chi connectivity index (χ2v) is 10.5. The van der Waals surface area contributed by atoms with Crippen molar-refractivity contribution in [2.45, 2.75) is 21.6 Å². The average molecular weight is 500 g/mol. The van der Waals surface area contributed by atoms with E-state index in [2.05, 4.69) is 4.72 Å². The molecule has 4 rings (SSSR count). The summed E-state index contributed by atoms with van der Waals surface area (Å²) >= 11 is 1.41. The van der Waals surface area contributed by atoms with Gasteiger partial charge in [0, 0.05) is 30.0 Å². The standard InChI is InChI=1S/C24H25N3O5S2/c1-15-6-9-17(10-7-15)33-22-14-20-19(26(2)24(28)27(20)3)13-18(22)25-34(29,30)23-12-16(31-4)8-11-21(23)32-5/h6-14,25H,1-5H3. The van der Waals surface area contributed by atoms with E-state index in [1.54, 1.807) is 32.3 Å². The number of hydrogen-bond acceptors (Lipinski definition) is 6. The fourth-order valence-corrected chi connectivity index (χ4v) is 5.85. The first-order valence-corrected chi connectivity index (χ1v) is 12.6. The maximum Gasteiger partial charge on any atom is 0.328 e. The SMILES string of the molecule is COc1ccc(OC)c(S(=O)(=O)Nc2cc3c(cc2Sc2ccc(C)cc2)n(C)c(=O)n3C)c1. The van der Waals surface area contributed by atoms with Gasteiger partial charge in [0.15, 0.2) is 0 Å². The van der Waals surface area contributed by atoms with Crippen LogP contribution in [0.3, 0.4) is 0 Å². The second-order valence-electron chi connectivity index (χ2n) is 7.78. The van der Waals surface area contributed by atoms with Crippen molar-refractivity contribution in [1.82, 2.24) is 9.13 Å². The molecule has 0 amide bonds. The lowest BCUT2D eigenvalue weighted by Crippen LogP contribution is -2.19. The molecule has 0 unspecified atom stereocenters. The summed E-state index contributed by atoms with van der Waals surface area (Å²) in [6.45, 7) is 2.00. The molecule has 0 spiro atoms. The molecule has 0 aliphatic carbocycles. The van der Waals surface area contributed by atoms with Crippen LogP contribution in [0.5, 0.6) is 11.5 Å². The highest BCUT2D eigenvalue weighted by Gasteiger charge is 2.23. The van der Waals surface area contributed by atoms with Crippen molar-refractivity contribution in [2.24, 2.45) is 14.1 Å². The van der Waals surface area contributed by atoms with Crippen LogP contribution in [0.2, 0.25) is 0 Å². The highest BCUT2D eigenvalue weighted by Crippen LogP contribution is 2.38. The van der Waals surface area contributed by atoms with E-state index >= 15 is 0 Å². The topological polar surface area (TPSA) is 91.6 Å². The highest BCUT2D eigenvalue weighted by molar-refractivity contribution is 7.99. The summed E-state index contributed by atoms with van der Waals surface area (Å²) in [4.78, 5) is 14.1. The van der Waals surface area contributed by atoms with Crippen molar-refractivity contribution in [1.29, 1.82) is 0 Å². The van der Waals surface area contributed by atoms with E-state index in [4.69, 9.17) is 9.47 Å². The largest absolute Gasteiger partial charge is 0.497 e. The van der Waals surface area contributed by atoms with E-state index in [9.17, 15) is 13.2 Å². The molecule has 1 aromatic heterocycles. The monoisotopic (exact) mass is 499 g/mol. The summed E-state index contributed by atoms with van der Waals surface area (Å²) in [6.07, 6.45) is 0. The molecule has 4 aromatic rings. The predicted octanol–water partition coefficient (Wildman–Crippen LogP) is 4.15. The number of fused-ring (bicyclic) bond motifs is 1. The molecule has 0 fully saturated rings. The van der Waals surface area contributed by atoms with Gasteiger partial charge in [0.05, 0.1) is 30.9 Å². The van der Waals surface area contributed by atoms with Gasteiger partial charge in [-0.3, -0.25) is 13.9 Å². The first-order valence-electron chi connectivity index (χ1n) is 10.3. The summed E-state index contributed by atoms with van der Waals surface area (Å²) in [5.41, 5.74) is 2.58. The van der Waals surface area contributed by atoms with Crippen LogP contribution in [0.25, 0.3) is 11.0 Å². The van der Waals surface area contributed by atoms with Crippen LogP contribution in [0.4, 0.5) is 5.69 Å². The molecule has 0 radical (unpaired) electrons. The minimum Gasteiger partial charge on any atom is -0.497 e. The molecule has 8 nitrogen and oxygen atoms in total. The van der Waals surface area contributed by atoms with Crippen LogP contribution in [0.15, 0.2) is 74.1 Å². The number of methoxy groups -OCH3 is 2. The molecule has 1 N–H and O–H groups in total. The van der Waals surface area contributed by atoms with Crippen LogP contribution < -0.4 is 19.9 Å². The van der Waals surface area contributed by atoms with Gasteiger partial charge in [-0.05, 0) is 43.3 Å². The van der Waals surface area contributed by atoms with Gasteiger partial charge in [-0.25, -0.2) is 13.2 Å². The predicted molar refractivity (Wildman–Crippen MR) is 134 cm³/mol. The Labute approximate surface area is 202 Å². The number of nitrogens with one attached hydrogen (secondary N) is 1. The van der Waals surface area contributed by atoms with Crippen LogP contribution >= 0.6 is 11.8 Å². The number of aryl methyl sites for hydroxylation is 3. The fraction of sp³-hybridized carbons (Fsp3) is 0.208. The molecule has 3 aromatic carbocycles. The number of ether oxygens (including phenoxy) is 2. The van der Waals surface area contributed by atoms with Crippen LogP contribution in [0.1, 0.15) is 5.56 Å². The molecule has 10 heteroatoms. The van der Waals surface area contributed by atoms with Gasteiger partial charge in [-0.15, -0.1) is 0 Å². The van der Waals surface area contributed by atoms with Crippen molar-refractivity contribution in [3.8, 4) is 11.5 Å². The number of anilines is 1. The Kier molecular flexibility index (Phi) is 6.37. The molecule has 0 atom stereocenters. The summed E-state index contributed by atoms with van der Waals surface area (Å²) in [6, 6.07) is 16.0. The zero-order chi connectivity index (χ0) is 24.6. The van der Waals surface area contributed by atoms with Crippen molar-refractivity contribution in [3.63, 3.8) is 0 Å². The lowest BCUT2D eigenvalue weighted by Gasteiger charge is -2.16. The molecule has 0 aliphatic rings. The Morgan fingerprint density at radius 2 is 1.53 bits per heavy atom. The Hall–Kier alpha value is -3.37. The molecule has 0 saturated heterocycles. The normalized spacial score (nSPS) is 11.6. The quantitative estimate of drug-likeness (QED) is 0.411. The number of sulfonamides is 1. The van der Waals surface area contributed by atoms with E-state index in [1.807, 2.05) is 37.3 Å². The molecular weight excluding hydrogens is 474 g/mol. The van der Waals surface area contributed by atoms with Crippen molar-refractivity contribution >= 4 is 38.5 Å². The van der Waals surface area contributed by atoms with Gasteiger partial charge in [0.1, 0.15) is 16.4 Å². The van der Waals surface area contributed by atoms with Gasteiger partial charge in [-0.2, -0.15) is 0 Å².